The molecule has 2 aliphatic heterocycles. The molecule has 29 heavy (non-hydrogen) atoms. The molecule has 11 heteroatoms. The van der Waals surface area contributed by atoms with Crippen LogP contribution in [0.5, 0.6) is 0 Å². The van der Waals surface area contributed by atoms with Crippen LogP contribution >= 0.6 is 0 Å². The minimum Gasteiger partial charge on any atom is -0.330 e. The Balaban J connectivity index is 1.44. The van der Waals surface area contributed by atoms with Gasteiger partial charge in [-0.1, -0.05) is 0 Å². The lowest BCUT2D eigenvalue weighted by Crippen LogP contribution is -2.39. The third-order valence-corrected chi connectivity index (χ3v) is 5.39. The number of aromatic nitrogens is 2. The average molecular weight is 418 g/mol. The highest BCUT2D eigenvalue weighted by atomic mass is 19.4. The Morgan fingerprint density at radius 2 is 1.90 bits per heavy atom. The van der Waals surface area contributed by atoms with E-state index in [2.05, 4.69) is 4.98 Å². The molecule has 1 saturated heterocycles. The monoisotopic (exact) mass is 418 g/mol. The number of benzene rings is 1. The van der Waals surface area contributed by atoms with Crippen LogP contribution in [0.3, 0.4) is 0 Å². The Bertz CT molecular complexity index is 972. The summed E-state index contributed by atoms with van der Waals surface area (Å²) >= 11 is 0. The smallest absolute Gasteiger partial charge is 0.330 e. The number of rotatable bonds is 4. The number of halogens is 6. The quantitative estimate of drug-likeness (QED) is 0.613. The van der Waals surface area contributed by atoms with Crippen LogP contribution < -0.4 is 5.73 Å². The van der Waals surface area contributed by atoms with Crippen molar-refractivity contribution in [3.8, 4) is 0 Å². The lowest BCUT2D eigenvalue weighted by atomic mass is 10.0. The molecule has 0 aliphatic carbocycles. The van der Waals surface area contributed by atoms with Crippen molar-refractivity contribution < 1.29 is 31.1 Å². The molecule has 5 nitrogen and oxygen atoms in total. The number of alkyl halides is 3. The van der Waals surface area contributed by atoms with E-state index in [0.717, 1.165) is 10.8 Å². The van der Waals surface area contributed by atoms with Crippen LogP contribution in [0, 0.1) is 17.5 Å². The topological polar surface area (TPSA) is 64.2 Å². The summed E-state index contributed by atoms with van der Waals surface area (Å²) in [5.74, 6) is -3.73. The highest BCUT2D eigenvalue weighted by molar-refractivity contribution is 5.78. The van der Waals surface area contributed by atoms with Gasteiger partial charge in [0.2, 0.25) is 5.91 Å². The van der Waals surface area contributed by atoms with Crippen molar-refractivity contribution >= 4 is 5.91 Å². The maximum Gasteiger partial charge on any atom is 0.433 e. The van der Waals surface area contributed by atoms with Gasteiger partial charge in [-0.2, -0.15) is 13.2 Å². The molecule has 0 unspecified atom stereocenters. The third-order valence-electron chi connectivity index (χ3n) is 5.39. The van der Waals surface area contributed by atoms with Crippen molar-refractivity contribution in [2.45, 2.75) is 43.6 Å². The molecule has 2 bridgehead atoms. The lowest BCUT2D eigenvalue weighted by molar-refractivity contribution is -0.144. The Morgan fingerprint density at radius 3 is 2.59 bits per heavy atom. The van der Waals surface area contributed by atoms with Crippen LogP contribution in [0.2, 0.25) is 0 Å². The maximum atomic E-state index is 13.8. The SMILES string of the molecule is N[C@@H](CC(=O)N1C[C@@H]2C[C@H]1c1ncc(C(F)(F)F)n12)Cc1cc(F)c(F)cc1F. The molecule has 2 aliphatic rings. The standard InChI is InChI=1S/C18H16F6N4O/c19-11-5-13(21)12(20)2-8(11)1-9(25)3-16(29)27-7-10-4-14(27)17-26-6-15(28(10)17)18(22,23)24/h2,5-6,9-10,14H,1,3-4,7,25H2/t9-,10+,14+/m1/s1. The number of nitrogens with zero attached hydrogens (tertiary/aromatic N) is 3. The number of carbonyl (C=O) groups is 1. The van der Waals surface area contributed by atoms with E-state index in [-0.39, 0.29) is 30.8 Å². The number of imidazole rings is 1. The fourth-order valence-corrected chi connectivity index (χ4v) is 4.15. The predicted octanol–water partition coefficient (Wildman–Crippen LogP) is 3.11. The van der Waals surface area contributed by atoms with E-state index in [1.54, 1.807) is 0 Å². The summed E-state index contributed by atoms with van der Waals surface area (Å²) in [6.07, 6.45) is -3.83. The van der Waals surface area contributed by atoms with Gasteiger partial charge in [-0.15, -0.1) is 0 Å². The highest BCUT2D eigenvalue weighted by Gasteiger charge is 2.50. The lowest BCUT2D eigenvalue weighted by Gasteiger charge is -2.29. The highest BCUT2D eigenvalue weighted by Crippen LogP contribution is 2.48. The molecular weight excluding hydrogens is 402 g/mol. The minimum atomic E-state index is -4.53. The molecule has 1 aromatic carbocycles. The zero-order valence-corrected chi connectivity index (χ0v) is 14.9. The van der Waals surface area contributed by atoms with E-state index in [1.807, 2.05) is 0 Å². The van der Waals surface area contributed by atoms with Crippen LogP contribution in [0.1, 0.15) is 42.0 Å². The van der Waals surface area contributed by atoms with Gasteiger partial charge in [0.05, 0.1) is 18.3 Å². The second-order valence-corrected chi connectivity index (χ2v) is 7.35. The molecular formula is C18H16F6N4O. The molecule has 156 valence electrons. The Kier molecular flexibility index (Phi) is 4.60. The second kappa shape index (κ2) is 6.75. The first-order chi connectivity index (χ1) is 13.6. The number of hydrogen-bond acceptors (Lipinski definition) is 3. The average Bonchev–Trinajstić information content (AvgIpc) is 3.30. The molecule has 0 spiro atoms. The van der Waals surface area contributed by atoms with Gasteiger partial charge in [-0.25, -0.2) is 18.2 Å². The third kappa shape index (κ3) is 3.37. The molecule has 1 fully saturated rings. The first-order valence-corrected chi connectivity index (χ1v) is 8.89. The fraction of sp³-hybridized carbons (Fsp3) is 0.444. The molecule has 0 saturated carbocycles. The van der Waals surface area contributed by atoms with Crippen LogP contribution in [0.15, 0.2) is 18.3 Å². The van der Waals surface area contributed by atoms with Crippen LogP contribution in [0.4, 0.5) is 26.3 Å². The zero-order valence-electron chi connectivity index (χ0n) is 14.9. The number of fused-ring (bicyclic) bond motifs is 5. The van der Waals surface area contributed by atoms with E-state index < -0.39 is 53.4 Å². The molecule has 3 heterocycles. The van der Waals surface area contributed by atoms with E-state index in [0.29, 0.717) is 18.6 Å². The number of carbonyl (C=O) groups excluding carboxylic acids is 1. The normalized spacial score (nSPS) is 21.6. The summed E-state index contributed by atoms with van der Waals surface area (Å²) in [6, 6.07) is -0.848. The van der Waals surface area contributed by atoms with Crippen LogP contribution in [-0.4, -0.2) is 32.9 Å². The molecule has 2 aromatic rings. The van der Waals surface area contributed by atoms with Gasteiger partial charge < -0.3 is 15.2 Å². The van der Waals surface area contributed by atoms with Crippen LogP contribution in [-0.2, 0) is 17.4 Å². The molecule has 4 rings (SSSR count). The fourth-order valence-electron chi connectivity index (χ4n) is 4.15. The maximum absolute atomic E-state index is 13.8. The second-order valence-electron chi connectivity index (χ2n) is 7.35. The minimum absolute atomic E-state index is 0.0994. The van der Waals surface area contributed by atoms with Crippen LogP contribution in [0.25, 0.3) is 0 Å². The van der Waals surface area contributed by atoms with Gasteiger partial charge in [0.1, 0.15) is 17.3 Å². The van der Waals surface area contributed by atoms with E-state index in [4.69, 9.17) is 5.73 Å². The largest absolute Gasteiger partial charge is 0.433 e. The summed E-state index contributed by atoms with van der Waals surface area (Å²) in [6.45, 7) is 0.0994. The number of nitrogens with two attached hydrogens (primary N) is 1. The Hall–Kier alpha value is -2.56. The molecule has 0 radical (unpaired) electrons. The van der Waals surface area contributed by atoms with Gasteiger partial charge in [0, 0.05) is 25.1 Å². The van der Waals surface area contributed by atoms with Crippen molar-refractivity contribution in [1.29, 1.82) is 0 Å². The van der Waals surface area contributed by atoms with Gasteiger partial charge in [-0.3, -0.25) is 4.79 Å². The van der Waals surface area contributed by atoms with Gasteiger partial charge in [0.15, 0.2) is 11.6 Å². The van der Waals surface area contributed by atoms with E-state index in [9.17, 15) is 31.1 Å². The molecule has 3 atom stereocenters. The summed E-state index contributed by atoms with van der Waals surface area (Å²) in [4.78, 5) is 17.9. The van der Waals surface area contributed by atoms with Crippen molar-refractivity contribution in [3.05, 3.63) is 52.9 Å². The Morgan fingerprint density at radius 1 is 1.21 bits per heavy atom. The first-order valence-electron chi connectivity index (χ1n) is 8.89. The van der Waals surface area contributed by atoms with Crippen molar-refractivity contribution in [1.82, 2.24) is 14.5 Å². The molecule has 1 aromatic heterocycles. The van der Waals surface area contributed by atoms with Crippen molar-refractivity contribution in [2.75, 3.05) is 6.54 Å². The summed E-state index contributed by atoms with van der Waals surface area (Å²) in [5, 5.41) is 0. The van der Waals surface area contributed by atoms with E-state index >= 15 is 0 Å². The van der Waals surface area contributed by atoms with Gasteiger partial charge in [0.25, 0.3) is 0 Å². The summed E-state index contributed by atoms with van der Waals surface area (Å²) in [7, 11) is 0. The van der Waals surface area contributed by atoms with Crippen molar-refractivity contribution in [3.63, 3.8) is 0 Å². The van der Waals surface area contributed by atoms with Gasteiger partial charge in [-0.05, 0) is 24.5 Å². The Labute approximate surface area is 161 Å². The molecule has 2 N–H and O–H groups in total. The number of likely N-dealkylation sites (tertiary alicyclic amines) is 1. The molecule has 1 amide bonds. The van der Waals surface area contributed by atoms with Gasteiger partial charge >= 0.3 is 6.18 Å². The zero-order chi connectivity index (χ0) is 21.1. The van der Waals surface area contributed by atoms with Crippen molar-refractivity contribution in [2.24, 2.45) is 5.73 Å². The summed E-state index contributed by atoms with van der Waals surface area (Å²) in [5.41, 5.74) is 4.89. The summed E-state index contributed by atoms with van der Waals surface area (Å²) < 4.78 is 80.4. The first kappa shape index (κ1) is 19.7. The van der Waals surface area contributed by atoms with E-state index in [1.165, 1.54) is 4.90 Å². The predicted molar refractivity (Wildman–Crippen MR) is 87.9 cm³/mol. The number of amides is 1. The number of hydrogen-bond donors (Lipinski definition) is 1.